The average molecular weight is 258 g/mol. The Kier molecular flexibility index (Phi) is 4.07. The van der Waals surface area contributed by atoms with Crippen molar-refractivity contribution in [2.24, 2.45) is 5.92 Å². The van der Waals surface area contributed by atoms with E-state index in [2.05, 4.69) is 41.4 Å². The zero-order valence-electron chi connectivity index (χ0n) is 12.1. The first kappa shape index (κ1) is 13.0. The molecule has 0 spiro atoms. The summed E-state index contributed by atoms with van der Waals surface area (Å²) in [6, 6.07) is 9.82. The number of rotatable bonds is 5. The number of unbranched alkanes of at least 4 members (excludes halogenated alkanes) is 1. The van der Waals surface area contributed by atoms with Gasteiger partial charge in [-0.05, 0) is 55.8 Å². The molecule has 0 aliphatic carbocycles. The van der Waals surface area contributed by atoms with Crippen LogP contribution in [-0.2, 0) is 6.42 Å². The second-order valence-electron chi connectivity index (χ2n) is 6.19. The Balaban J connectivity index is 1.57. The Labute approximate surface area is 117 Å². The Morgan fingerprint density at radius 2 is 1.95 bits per heavy atom. The summed E-state index contributed by atoms with van der Waals surface area (Å²) in [7, 11) is 0. The fraction of sp³-hybridized carbons (Fsp3) is 0.647. The van der Waals surface area contributed by atoms with Gasteiger partial charge in [0.2, 0.25) is 0 Å². The third-order valence-electron chi connectivity index (χ3n) is 4.76. The third-order valence-corrected chi connectivity index (χ3v) is 4.76. The van der Waals surface area contributed by atoms with Gasteiger partial charge in [-0.1, -0.05) is 25.5 Å². The maximum Gasteiger partial charge on any atom is 0.0342 e. The Bertz CT molecular complexity index is 398. The predicted molar refractivity (Wildman–Crippen MR) is 81.6 cm³/mol. The van der Waals surface area contributed by atoms with E-state index < -0.39 is 0 Å². The van der Waals surface area contributed by atoms with Gasteiger partial charge in [0.05, 0.1) is 0 Å². The largest absolute Gasteiger partial charge is 0.382 e. The van der Waals surface area contributed by atoms with Crippen molar-refractivity contribution in [1.82, 2.24) is 4.90 Å². The smallest absolute Gasteiger partial charge is 0.0342 e. The highest BCUT2D eigenvalue weighted by atomic mass is 15.2. The molecule has 3 rings (SSSR count). The molecule has 2 saturated heterocycles. The highest BCUT2D eigenvalue weighted by molar-refractivity contribution is 5.45. The van der Waals surface area contributed by atoms with Crippen LogP contribution in [0.2, 0.25) is 0 Å². The van der Waals surface area contributed by atoms with Crippen LogP contribution in [0.3, 0.4) is 0 Å². The van der Waals surface area contributed by atoms with Crippen LogP contribution >= 0.6 is 0 Å². The molecule has 0 amide bonds. The number of benzene rings is 1. The van der Waals surface area contributed by atoms with Crippen LogP contribution < -0.4 is 5.32 Å². The fourth-order valence-corrected chi connectivity index (χ4v) is 3.50. The third kappa shape index (κ3) is 3.11. The Hall–Kier alpha value is -1.02. The minimum atomic E-state index is 0.695. The molecule has 2 fully saturated rings. The van der Waals surface area contributed by atoms with Gasteiger partial charge in [0.1, 0.15) is 0 Å². The zero-order chi connectivity index (χ0) is 13.1. The van der Waals surface area contributed by atoms with Crippen molar-refractivity contribution in [3.05, 3.63) is 29.8 Å². The van der Waals surface area contributed by atoms with Gasteiger partial charge in [0.15, 0.2) is 0 Å². The Morgan fingerprint density at radius 1 is 1.16 bits per heavy atom. The molecular weight excluding hydrogens is 232 g/mol. The topological polar surface area (TPSA) is 15.3 Å². The summed E-state index contributed by atoms with van der Waals surface area (Å²) in [5, 5.41) is 3.77. The van der Waals surface area contributed by atoms with Gasteiger partial charge in [-0.2, -0.15) is 0 Å². The summed E-state index contributed by atoms with van der Waals surface area (Å²) in [5.41, 5.74) is 2.79. The van der Waals surface area contributed by atoms with Crippen molar-refractivity contribution in [1.29, 1.82) is 0 Å². The molecule has 2 nitrogen and oxygen atoms in total. The number of hydrogen-bond acceptors (Lipinski definition) is 2. The maximum atomic E-state index is 3.77. The molecule has 3 unspecified atom stereocenters. The molecule has 2 heterocycles. The first-order valence-corrected chi connectivity index (χ1v) is 7.93. The monoisotopic (exact) mass is 258 g/mol. The highest BCUT2D eigenvalue weighted by Gasteiger charge is 2.33. The van der Waals surface area contributed by atoms with E-state index in [4.69, 9.17) is 0 Å². The number of nitrogens with one attached hydrogen (secondary N) is 1. The van der Waals surface area contributed by atoms with Gasteiger partial charge in [0.25, 0.3) is 0 Å². The van der Waals surface area contributed by atoms with Crippen LogP contribution in [0.15, 0.2) is 24.3 Å². The normalized spacial score (nSPS) is 29.4. The summed E-state index contributed by atoms with van der Waals surface area (Å²) in [6.45, 7) is 6.16. The van der Waals surface area contributed by atoms with Gasteiger partial charge in [-0.25, -0.2) is 0 Å². The highest BCUT2D eigenvalue weighted by Crippen LogP contribution is 2.29. The first-order chi connectivity index (χ1) is 9.35. The lowest BCUT2D eigenvalue weighted by molar-refractivity contribution is 0.255. The van der Waals surface area contributed by atoms with Crippen molar-refractivity contribution < 1.29 is 0 Å². The van der Waals surface area contributed by atoms with Crippen LogP contribution in [0, 0.1) is 5.92 Å². The average Bonchev–Trinajstić information content (AvgIpc) is 2.84. The molecule has 1 aromatic carbocycles. The standard InChI is InChI=1S/C17H26N2/c1-2-3-4-14-5-7-16(8-6-14)18-17-10-12-19-11-9-15(17)13-19/h5-8,15,17-18H,2-4,9-13H2,1H3. The molecule has 104 valence electrons. The lowest BCUT2D eigenvalue weighted by atomic mass is 9.94. The number of nitrogens with zero attached hydrogens (tertiary/aromatic N) is 1. The molecule has 19 heavy (non-hydrogen) atoms. The minimum absolute atomic E-state index is 0.695. The van der Waals surface area contributed by atoms with E-state index in [0.29, 0.717) is 6.04 Å². The SMILES string of the molecule is CCCCc1ccc(NC2CCN3CCC2C3)cc1. The van der Waals surface area contributed by atoms with Crippen molar-refractivity contribution in [2.45, 2.75) is 45.1 Å². The van der Waals surface area contributed by atoms with Crippen LogP contribution in [0.1, 0.15) is 38.2 Å². The predicted octanol–water partition coefficient (Wildman–Crippen LogP) is 3.54. The van der Waals surface area contributed by atoms with E-state index in [9.17, 15) is 0 Å². The molecule has 0 radical (unpaired) electrons. The van der Waals surface area contributed by atoms with Crippen molar-refractivity contribution in [3.8, 4) is 0 Å². The van der Waals surface area contributed by atoms with E-state index in [1.165, 1.54) is 63.0 Å². The molecule has 2 heteroatoms. The van der Waals surface area contributed by atoms with Gasteiger partial charge in [-0.15, -0.1) is 0 Å². The Morgan fingerprint density at radius 3 is 2.74 bits per heavy atom. The summed E-state index contributed by atoms with van der Waals surface area (Å²) in [6.07, 6.45) is 6.49. The molecule has 2 aliphatic rings. The quantitative estimate of drug-likeness (QED) is 0.869. The molecule has 1 N–H and O–H groups in total. The van der Waals surface area contributed by atoms with E-state index >= 15 is 0 Å². The maximum absolute atomic E-state index is 3.77. The number of anilines is 1. The van der Waals surface area contributed by atoms with Crippen molar-refractivity contribution >= 4 is 5.69 Å². The second kappa shape index (κ2) is 5.96. The molecule has 1 aromatic rings. The van der Waals surface area contributed by atoms with Gasteiger partial charge >= 0.3 is 0 Å². The zero-order valence-corrected chi connectivity index (χ0v) is 12.1. The minimum Gasteiger partial charge on any atom is -0.382 e. The summed E-state index contributed by atoms with van der Waals surface area (Å²) in [4.78, 5) is 2.61. The molecule has 0 aromatic heterocycles. The van der Waals surface area contributed by atoms with Crippen LogP contribution in [0.4, 0.5) is 5.69 Å². The van der Waals surface area contributed by atoms with Crippen molar-refractivity contribution in [2.75, 3.05) is 25.0 Å². The van der Waals surface area contributed by atoms with Gasteiger partial charge in [-0.3, -0.25) is 0 Å². The summed E-state index contributed by atoms with van der Waals surface area (Å²) < 4.78 is 0. The lowest BCUT2D eigenvalue weighted by Crippen LogP contribution is -2.39. The van der Waals surface area contributed by atoms with Crippen LogP contribution in [0.25, 0.3) is 0 Å². The summed E-state index contributed by atoms with van der Waals surface area (Å²) in [5.74, 6) is 0.869. The number of piperidine rings is 1. The second-order valence-corrected chi connectivity index (χ2v) is 6.19. The van der Waals surface area contributed by atoms with Crippen LogP contribution in [-0.4, -0.2) is 30.6 Å². The number of fused-ring (bicyclic) bond motifs is 2. The molecule has 2 bridgehead atoms. The molecule has 3 atom stereocenters. The van der Waals surface area contributed by atoms with Crippen molar-refractivity contribution in [3.63, 3.8) is 0 Å². The van der Waals surface area contributed by atoms with E-state index in [1.807, 2.05) is 0 Å². The van der Waals surface area contributed by atoms with E-state index in [-0.39, 0.29) is 0 Å². The summed E-state index contributed by atoms with van der Waals surface area (Å²) >= 11 is 0. The fourth-order valence-electron chi connectivity index (χ4n) is 3.50. The van der Waals surface area contributed by atoms with E-state index in [1.54, 1.807) is 0 Å². The molecule has 0 saturated carbocycles. The van der Waals surface area contributed by atoms with Gasteiger partial charge in [0, 0.05) is 24.8 Å². The molecular formula is C17H26N2. The number of aryl methyl sites for hydroxylation is 1. The number of hydrogen-bond donors (Lipinski definition) is 1. The van der Waals surface area contributed by atoms with Gasteiger partial charge < -0.3 is 10.2 Å². The van der Waals surface area contributed by atoms with Crippen LogP contribution in [0.5, 0.6) is 0 Å². The first-order valence-electron chi connectivity index (χ1n) is 7.93. The lowest BCUT2D eigenvalue weighted by Gasteiger charge is -2.31. The van der Waals surface area contributed by atoms with E-state index in [0.717, 1.165) is 5.92 Å². The molecule has 2 aliphatic heterocycles.